The fourth-order valence-electron chi connectivity index (χ4n) is 3.33. The largest absolute Gasteiger partial charge is 0.305 e. The van der Waals surface area contributed by atoms with Crippen molar-refractivity contribution in [1.82, 2.24) is 0 Å². The normalized spacial score (nSPS) is 16.6. The summed E-state index contributed by atoms with van der Waals surface area (Å²) >= 11 is 0. The fraction of sp³-hybridized carbons (Fsp3) is 0.316. The van der Waals surface area contributed by atoms with Crippen molar-refractivity contribution in [2.24, 2.45) is 0 Å². The lowest BCUT2D eigenvalue weighted by Crippen LogP contribution is -2.35. The molecule has 132 valence electrons. The molecule has 3 rings (SSSR count). The van der Waals surface area contributed by atoms with Crippen LogP contribution in [0.1, 0.15) is 28.4 Å². The van der Waals surface area contributed by atoms with Gasteiger partial charge in [-0.25, -0.2) is 8.42 Å². The van der Waals surface area contributed by atoms with Gasteiger partial charge in [-0.15, -0.1) is 0 Å². The molecule has 0 radical (unpaired) electrons. The van der Waals surface area contributed by atoms with Crippen molar-refractivity contribution in [1.29, 1.82) is 0 Å². The fourth-order valence-corrected chi connectivity index (χ4v) is 3.90. The van der Waals surface area contributed by atoms with E-state index < -0.39 is 10.0 Å². The molecule has 2 aromatic carbocycles. The van der Waals surface area contributed by atoms with E-state index in [0.717, 1.165) is 23.9 Å². The lowest BCUT2D eigenvalue weighted by molar-refractivity contribution is 0.0981. The Morgan fingerprint density at radius 1 is 1.20 bits per heavy atom. The molecule has 0 spiro atoms. The number of anilines is 2. The molecule has 2 aromatic rings. The molecule has 0 aliphatic carbocycles. The van der Waals surface area contributed by atoms with Crippen LogP contribution in [0.2, 0.25) is 0 Å². The van der Waals surface area contributed by atoms with Gasteiger partial charge in [0.05, 0.1) is 11.9 Å². The molecule has 0 bridgehead atoms. The topological polar surface area (TPSA) is 57.7 Å². The molecular formula is C19H22N2O3S. The number of aryl methyl sites for hydroxylation is 1. The highest BCUT2D eigenvalue weighted by Gasteiger charge is 2.31. The van der Waals surface area contributed by atoms with Gasteiger partial charge in [-0.2, -0.15) is 0 Å². The summed E-state index contributed by atoms with van der Waals surface area (Å²) in [6.07, 6.45) is 2.00. The molecule has 1 amide bonds. The SMILES string of the molecule is Cc1cc(C(=O)N2c3ccccc3CC2C)ccc1N(C)S(C)(=O)=O. The van der Waals surface area contributed by atoms with Gasteiger partial charge in [0.25, 0.3) is 5.91 Å². The number of nitrogens with zero attached hydrogens (tertiary/aromatic N) is 2. The van der Waals surface area contributed by atoms with Crippen molar-refractivity contribution in [2.75, 3.05) is 22.5 Å². The highest BCUT2D eigenvalue weighted by atomic mass is 32.2. The number of rotatable bonds is 3. The Hall–Kier alpha value is -2.34. The van der Waals surface area contributed by atoms with Crippen LogP contribution in [0.5, 0.6) is 0 Å². The second kappa shape index (κ2) is 6.19. The van der Waals surface area contributed by atoms with Gasteiger partial charge in [0.15, 0.2) is 0 Å². The molecule has 1 atom stereocenters. The number of carbonyl (C=O) groups is 1. The zero-order valence-electron chi connectivity index (χ0n) is 14.9. The van der Waals surface area contributed by atoms with Gasteiger partial charge in [-0.1, -0.05) is 18.2 Å². The van der Waals surface area contributed by atoms with E-state index in [2.05, 4.69) is 6.07 Å². The Kier molecular flexibility index (Phi) is 4.33. The van der Waals surface area contributed by atoms with Crippen molar-refractivity contribution in [3.63, 3.8) is 0 Å². The van der Waals surface area contributed by atoms with Gasteiger partial charge in [0.1, 0.15) is 0 Å². The predicted octanol–water partition coefficient (Wildman–Crippen LogP) is 2.98. The Balaban J connectivity index is 1.95. The summed E-state index contributed by atoms with van der Waals surface area (Å²) in [6, 6.07) is 13.2. The van der Waals surface area contributed by atoms with Crippen LogP contribution in [0.15, 0.2) is 42.5 Å². The lowest BCUT2D eigenvalue weighted by atomic mass is 10.1. The molecular weight excluding hydrogens is 336 g/mol. The van der Waals surface area contributed by atoms with E-state index in [4.69, 9.17) is 0 Å². The number of sulfonamides is 1. The molecule has 0 saturated heterocycles. The van der Waals surface area contributed by atoms with Gasteiger partial charge < -0.3 is 4.90 Å². The first kappa shape index (κ1) is 17.5. The highest BCUT2D eigenvalue weighted by molar-refractivity contribution is 7.92. The zero-order chi connectivity index (χ0) is 18.4. The van der Waals surface area contributed by atoms with E-state index in [1.165, 1.54) is 16.9 Å². The van der Waals surface area contributed by atoms with Crippen LogP contribution in [-0.2, 0) is 16.4 Å². The molecule has 6 heteroatoms. The summed E-state index contributed by atoms with van der Waals surface area (Å²) < 4.78 is 24.7. The lowest BCUT2D eigenvalue weighted by Gasteiger charge is -2.24. The highest BCUT2D eigenvalue weighted by Crippen LogP contribution is 2.33. The number of fused-ring (bicyclic) bond motifs is 1. The Bertz CT molecular complexity index is 937. The molecule has 0 aromatic heterocycles. The molecule has 1 heterocycles. The maximum Gasteiger partial charge on any atom is 0.258 e. The minimum Gasteiger partial charge on any atom is -0.305 e. The number of hydrogen-bond donors (Lipinski definition) is 0. The second-order valence-corrected chi connectivity index (χ2v) is 8.60. The van der Waals surface area contributed by atoms with Crippen molar-refractivity contribution >= 4 is 27.3 Å². The number of benzene rings is 2. The first-order valence-corrected chi connectivity index (χ1v) is 10.0. The maximum absolute atomic E-state index is 13.0. The average molecular weight is 358 g/mol. The van der Waals surface area contributed by atoms with Crippen LogP contribution in [0.4, 0.5) is 11.4 Å². The van der Waals surface area contributed by atoms with Crippen LogP contribution in [-0.4, -0.2) is 33.7 Å². The maximum atomic E-state index is 13.0. The van der Waals surface area contributed by atoms with Gasteiger partial charge in [0, 0.05) is 24.3 Å². The number of amides is 1. The molecule has 0 saturated carbocycles. The van der Waals surface area contributed by atoms with E-state index in [1.807, 2.05) is 36.9 Å². The molecule has 1 aliphatic heterocycles. The second-order valence-electron chi connectivity index (χ2n) is 6.59. The summed E-state index contributed by atoms with van der Waals surface area (Å²) in [5, 5.41) is 0. The first-order valence-electron chi connectivity index (χ1n) is 8.16. The van der Waals surface area contributed by atoms with Gasteiger partial charge in [0.2, 0.25) is 10.0 Å². The van der Waals surface area contributed by atoms with Crippen LogP contribution < -0.4 is 9.21 Å². The molecule has 5 nitrogen and oxygen atoms in total. The van der Waals surface area contributed by atoms with Crippen LogP contribution in [0.3, 0.4) is 0 Å². The van der Waals surface area contributed by atoms with Crippen LogP contribution >= 0.6 is 0 Å². The molecule has 0 fully saturated rings. The summed E-state index contributed by atoms with van der Waals surface area (Å²) in [6.45, 7) is 3.85. The van der Waals surface area contributed by atoms with Crippen molar-refractivity contribution in [3.05, 3.63) is 59.2 Å². The third-order valence-electron chi connectivity index (χ3n) is 4.71. The van der Waals surface area contributed by atoms with Gasteiger partial charge in [-0.3, -0.25) is 9.10 Å². The van der Waals surface area contributed by atoms with Gasteiger partial charge >= 0.3 is 0 Å². The zero-order valence-corrected chi connectivity index (χ0v) is 15.7. The average Bonchev–Trinajstić information content (AvgIpc) is 2.88. The number of carbonyl (C=O) groups excluding carboxylic acids is 1. The van der Waals surface area contributed by atoms with Crippen molar-refractivity contribution in [3.8, 4) is 0 Å². The van der Waals surface area contributed by atoms with Crippen molar-refractivity contribution in [2.45, 2.75) is 26.3 Å². The summed E-state index contributed by atoms with van der Waals surface area (Å²) in [5.74, 6) is -0.0610. The third-order valence-corrected chi connectivity index (χ3v) is 5.90. The first-order chi connectivity index (χ1) is 11.7. The van der Waals surface area contributed by atoms with Crippen LogP contribution in [0.25, 0.3) is 0 Å². The third kappa shape index (κ3) is 3.14. The van der Waals surface area contributed by atoms with Crippen molar-refractivity contribution < 1.29 is 13.2 Å². The standard InChI is InChI=1S/C19H22N2O3S/c1-13-11-16(9-10-17(13)20(3)25(4,23)24)19(22)21-14(2)12-15-7-5-6-8-18(15)21/h5-11,14H,12H2,1-4H3. The Morgan fingerprint density at radius 3 is 2.52 bits per heavy atom. The minimum absolute atomic E-state index is 0.0610. The van der Waals surface area contributed by atoms with E-state index in [-0.39, 0.29) is 11.9 Å². The summed E-state index contributed by atoms with van der Waals surface area (Å²) in [5.41, 5.74) is 4.02. The smallest absolute Gasteiger partial charge is 0.258 e. The minimum atomic E-state index is -3.34. The monoisotopic (exact) mass is 358 g/mol. The molecule has 1 aliphatic rings. The summed E-state index contributed by atoms with van der Waals surface area (Å²) in [7, 11) is -1.83. The van der Waals surface area contributed by atoms with E-state index in [9.17, 15) is 13.2 Å². The van der Waals surface area contributed by atoms with Crippen LogP contribution in [0, 0.1) is 6.92 Å². The number of hydrogen-bond acceptors (Lipinski definition) is 3. The summed E-state index contributed by atoms with van der Waals surface area (Å²) in [4.78, 5) is 14.9. The predicted molar refractivity (Wildman–Crippen MR) is 101 cm³/mol. The van der Waals surface area contributed by atoms with E-state index >= 15 is 0 Å². The van der Waals surface area contributed by atoms with E-state index in [1.54, 1.807) is 18.2 Å². The van der Waals surface area contributed by atoms with E-state index in [0.29, 0.717) is 11.3 Å². The quantitative estimate of drug-likeness (QED) is 0.847. The Morgan fingerprint density at radius 2 is 1.88 bits per heavy atom. The molecule has 1 unspecified atom stereocenters. The van der Waals surface area contributed by atoms with Gasteiger partial charge in [-0.05, 0) is 55.7 Å². The number of para-hydroxylation sites is 1. The Labute approximate surface area is 148 Å². The molecule has 25 heavy (non-hydrogen) atoms. The molecule has 0 N–H and O–H groups in total.